The molecule has 2 aliphatic heterocycles. The summed E-state index contributed by atoms with van der Waals surface area (Å²) in [4.78, 5) is 55.0. The number of carbonyl (C=O) groups excluding carboxylic acids is 3. The van der Waals surface area contributed by atoms with Crippen LogP contribution in [0.2, 0.25) is 0 Å². The quantitative estimate of drug-likeness (QED) is 0.405. The average Bonchev–Trinajstić information content (AvgIpc) is 2.93. The Labute approximate surface area is 207 Å². The molecule has 5 rings (SSSR count). The highest BCUT2D eigenvalue weighted by Crippen LogP contribution is 2.16. The molecule has 0 spiro atoms. The second kappa shape index (κ2) is 9.91. The van der Waals surface area contributed by atoms with Crippen molar-refractivity contribution in [2.24, 2.45) is 9.98 Å². The van der Waals surface area contributed by atoms with Crippen LogP contribution in [0.4, 0.5) is 5.82 Å². The summed E-state index contributed by atoms with van der Waals surface area (Å²) < 4.78 is 5.14. The number of aromatic nitrogens is 1. The number of methoxy groups -OCH3 is 1. The number of amides is 2. The van der Waals surface area contributed by atoms with E-state index in [2.05, 4.69) is 19.9 Å². The maximum atomic E-state index is 13.1. The number of nitrogens with zero attached hydrogens (tertiary/aromatic N) is 5. The lowest BCUT2D eigenvalue weighted by Crippen LogP contribution is -2.49. The zero-order valence-electron chi connectivity index (χ0n) is 19.6. The molecule has 1 fully saturated rings. The molecule has 3 aromatic rings. The molecule has 0 N–H and O–H groups in total. The van der Waals surface area contributed by atoms with Gasteiger partial charge in [-0.05, 0) is 42.5 Å². The molecule has 2 aromatic carbocycles. The molecule has 1 aromatic heterocycles. The van der Waals surface area contributed by atoms with Crippen LogP contribution in [0.25, 0.3) is 0 Å². The third kappa shape index (κ3) is 4.76. The van der Waals surface area contributed by atoms with Crippen LogP contribution in [0.15, 0.2) is 88.6 Å². The molecule has 0 atom stereocenters. The Balaban J connectivity index is 1.32. The standard InChI is InChI=1S/C27H23N5O4/c1-36-20-6-4-5-18(15-20)24(33)17-23-26(34)30-22-16-19(8-9-21(22)29-23)27(35)32-13-11-31(12-14-32)25-7-2-3-10-28-25/h2-10,15-17H,11-14H2,1H3/b23-17-. The molecule has 1 saturated heterocycles. The van der Waals surface area contributed by atoms with Crippen molar-refractivity contribution in [1.29, 1.82) is 0 Å². The molecular formula is C27H23N5O4. The van der Waals surface area contributed by atoms with Crippen molar-refractivity contribution in [3.05, 3.63) is 100 Å². The molecule has 0 saturated carbocycles. The van der Waals surface area contributed by atoms with Crippen LogP contribution in [-0.4, -0.2) is 60.8 Å². The zero-order valence-corrected chi connectivity index (χ0v) is 19.6. The summed E-state index contributed by atoms with van der Waals surface area (Å²) >= 11 is 0. The van der Waals surface area contributed by atoms with E-state index in [9.17, 15) is 14.4 Å². The predicted molar refractivity (Wildman–Crippen MR) is 132 cm³/mol. The fourth-order valence-corrected chi connectivity index (χ4v) is 4.12. The van der Waals surface area contributed by atoms with E-state index in [1.807, 2.05) is 18.2 Å². The van der Waals surface area contributed by atoms with Gasteiger partial charge in [0.2, 0.25) is 0 Å². The van der Waals surface area contributed by atoms with Gasteiger partial charge in [0.05, 0.1) is 17.8 Å². The first-order valence-electron chi connectivity index (χ1n) is 11.5. The minimum Gasteiger partial charge on any atom is -0.497 e. The van der Waals surface area contributed by atoms with Crippen LogP contribution in [0, 0.1) is 0 Å². The zero-order chi connectivity index (χ0) is 25.1. The lowest BCUT2D eigenvalue weighted by atomic mass is 10.1. The number of allylic oxidation sites excluding steroid dienone is 1. The third-order valence-corrected chi connectivity index (χ3v) is 6.07. The van der Waals surface area contributed by atoms with Gasteiger partial charge in [0.1, 0.15) is 17.3 Å². The molecule has 0 radical (unpaired) electrons. The summed E-state index contributed by atoms with van der Waals surface area (Å²) in [6.45, 7) is 2.49. The van der Waals surface area contributed by atoms with Crippen LogP contribution < -0.4 is 20.4 Å². The summed E-state index contributed by atoms with van der Waals surface area (Å²) in [6, 6.07) is 17.3. The summed E-state index contributed by atoms with van der Waals surface area (Å²) in [6.07, 6.45) is 2.93. The summed E-state index contributed by atoms with van der Waals surface area (Å²) in [5.41, 5.74) is 0.756. The second-order valence-electron chi connectivity index (χ2n) is 8.33. The molecule has 9 heteroatoms. The SMILES string of the molecule is COc1cccc(C(=O)/C=C2\N=c3ccc(C(=O)N4CCN(c5ccccn5)CC4)cc3=NC2=O)c1. The van der Waals surface area contributed by atoms with Gasteiger partial charge in [-0.15, -0.1) is 0 Å². The Morgan fingerprint density at radius 1 is 0.889 bits per heavy atom. The molecule has 36 heavy (non-hydrogen) atoms. The van der Waals surface area contributed by atoms with Crippen LogP contribution in [0.3, 0.4) is 0 Å². The van der Waals surface area contributed by atoms with Crippen molar-refractivity contribution in [3.8, 4) is 5.75 Å². The number of anilines is 1. The Bertz CT molecular complexity index is 1490. The van der Waals surface area contributed by atoms with Crippen LogP contribution in [-0.2, 0) is 4.79 Å². The average molecular weight is 482 g/mol. The summed E-state index contributed by atoms with van der Waals surface area (Å²) in [5.74, 6) is 0.293. The highest BCUT2D eigenvalue weighted by molar-refractivity contribution is 6.10. The molecule has 3 heterocycles. The monoisotopic (exact) mass is 481 g/mol. The smallest absolute Gasteiger partial charge is 0.296 e. The van der Waals surface area contributed by atoms with E-state index in [0.29, 0.717) is 53.8 Å². The van der Waals surface area contributed by atoms with E-state index in [-0.39, 0.29) is 17.4 Å². The lowest BCUT2D eigenvalue weighted by Gasteiger charge is -2.35. The highest BCUT2D eigenvalue weighted by Gasteiger charge is 2.23. The molecule has 2 aliphatic rings. The van der Waals surface area contributed by atoms with Crippen LogP contribution >= 0.6 is 0 Å². The van der Waals surface area contributed by atoms with Gasteiger partial charge in [-0.1, -0.05) is 18.2 Å². The first-order valence-corrected chi connectivity index (χ1v) is 11.5. The number of piperazine rings is 1. The van der Waals surface area contributed by atoms with E-state index >= 15 is 0 Å². The van der Waals surface area contributed by atoms with Gasteiger partial charge < -0.3 is 14.5 Å². The largest absolute Gasteiger partial charge is 0.497 e. The number of rotatable bonds is 5. The summed E-state index contributed by atoms with van der Waals surface area (Å²) in [5, 5.41) is 0.736. The molecule has 9 nitrogen and oxygen atoms in total. The minimum atomic E-state index is -0.632. The number of hydrogen-bond acceptors (Lipinski definition) is 7. The van der Waals surface area contributed by atoms with Crippen molar-refractivity contribution >= 4 is 23.4 Å². The van der Waals surface area contributed by atoms with Gasteiger partial charge in [-0.25, -0.2) is 15.0 Å². The Morgan fingerprint density at radius 2 is 1.72 bits per heavy atom. The van der Waals surface area contributed by atoms with Gasteiger partial charge in [0.15, 0.2) is 5.78 Å². The van der Waals surface area contributed by atoms with E-state index in [0.717, 1.165) is 5.82 Å². The topological polar surface area (TPSA) is 105 Å². The number of benzene rings is 2. The fourth-order valence-electron chi connectivity index (χ4n) is 4.12. The first kappa shape index (κ1) is 23.1. The van der Waals surface area contributed by atoms with Gasteiger partial charge in [-0.2, -0.15) is 0 Å². The van der Waals surface area contributed by atoms with Crippen molar-refractivity contribution in [2.75, 3.05) is 38.2 Å². The van der Waals surface area contributed by atoms with Crippen molar-refractivity contribution in [1.82, 2.24) is 9.88 Å². The Morgan fingerprint density at radius 3 is 2.47 bits per heavy atom. The molecule has 0 aliphatic carbocycles. The Hall–Kier alpha value is -4.66. The number of carbonyl (C=O) groups is 3. The van der Waals surface area contributed by atoms with Crippen molar-refractivity contribution in [2.45, 2.75) is 0 Å². The van der Waals surface area contributed by atoms with E-state index in [1.54, 1.807) is 53.6 Å². The van der Waals surface area contributed by atoms with Crippen molar-refractivity contribution in [3.63, 3.8) is 0 Å². The van der Waals surface area contributed by atoms with E-state index < -0.39 is 5.91 Å². The lowest BCUT2D eigenvalue weighted by molar-refractivity contribution is -0.114. The van der Waals surface area contributed by atoms with Gasteiger partial charge >= 0.3 is 0 Å². The molecular weight excluding hydrogens is 458 g/mol. The van der Waals surface area contributed by atoms with Gasteiger partial charge in [0.25, 0.3) is 11.8 Å². The number of ketones is 1. The van der Waals surface area contributed by atoms with E-state index in [4.69, 9.17) is 4.74 Å². The summed E-state index contributed by atoms with van der Waals surface area (Å²) in [7, 11) is 1.51. The number of fused-ring (bicyclic) bond motifs is 1. The maximum Gasteiger partial charge on any atom is 0.296 e. The normalized spacial score (nSPS) is 16.1. The van der Waals surface area contributed by atoms with Crippen LogP contribution in [0.5, 0.6) is 5.75 Å². The number of ether oxygens (including phenoxy) is 1. The first-order chi connectivity index (χ1) is 17.5. The van der Waals surface area contributed by atoms with Crippen LogP contribution in [0.1, 0.15) is 20.7 Å². The van der Waals surface area contributed by atoms with Gasteiger partial charge in [0, 0.05) is 49.6 Å². The predicted octanol–water partition coefficient (Wildman–Crippen LogP) is 1.60. The molecule has 0 unspecified atom stereocenters. The minimum absolute atomic E-state index is 0.0555. The van der Waals surface area contributed by atoms with Gasteiger partial charge in [-0.3, -0.25) is 14.4 Å². The molecule has 0 bridgehead atoms. The fraction of sp³-hybridized carbons (Fsp3) is 0.185. The third-order valence-electron chi connectivity index (χ3n) is 6.07. The number of hydrogen-bond donors (Lipinski definition) is 0. The van der Waals surface area contributed by atoms with Crippen molar-refractivity contribution < 1.29 is 19.1 Å². The Kier molecular flexibility index (Phi) is 6.36. The van der Waals surface area contributed by atoms with E-state index in [1.165, 1.54) is 13.2 Å². The maximum absolute atomic E-state index is 13.1. The number of pyridine rings is 1. The second-order valence-corrected chi connectivity index (χ2v) is 8.33. The molecule has 2 amide bonds. The molecule has 180 valence electrons. The highest BCUT2D eigenvalue weighted by atomic mass is 16.5.